The fourth-order valence-electron chi connectivity index (χ4n) is 2.81. The molecule has 114 valence electrons. The molecule has 0 aliphatic heterocycles. The summed E-state index contributed by atoms with van der Waals surface area (Å²) in [6, 6.07) is 0. The largest absolute Gasteiger partial charge is 0.380 e. The van der Waals surface area contributed by atoms with Gasteiger partial charge in [-0.25, -0.2) is 0 Å². The van der Waals surface area contributed by atoms with Gasteiger partial charge in [-0.1, -0.05) is 24.4 Å². The molecule has 1 saturated carbocycles. The second-order valence-electron chi connectivity index (χ2n) is 5.30. The second kappa shape index (κ2) is 7.15. The first kappa shape index (κ1) is 15.4. The average molecular weight is 283 g/mol. The van der Waals surface area contributed by atoms with E-state index < -0.39 is 0 Å². The number of nitrogens with zero attached hydrogens (tertiary/aromatic N) is 2. The Morgan fingerprint density at radius 2 is 2.10 bits per heavy atom. The van der Waals surface area contributed by atoms with Crippen LogP contribution >= 0.6 is 0 Å². The number of hydrogen-bond acceptors (Lipinski definition) is 6. The van der Waals surface area contributed by atoms with Crippen molar-refractivity contribution < 1.29 is 14.0 Å². The summed E-state index contributed by atoms with van der Waals surface area (Å²) in [4.78, 5) is 4.52. The first-order chi connectivity index (χ1) is 9.74. The first-order valence-electron chi connectivity index (χ1n) is 7.44. The van der Waals surface area contributed by atoms with Crippen LogP contribution in [0, 0.1) is 0 Å². The number of methoxy groups -OCH3 is 1. The molecule has 1 aliphatic carbocycles. The minimum absolute atomic E-state index is 0.0855. The zero-order valence-corrected chi connectivity index (χ0v) is 12.4. The molecule has 1 aromatic rings. The van der Waals surface area contributed by atoms with Crippen LogP contribution < -0.4 is 5.73 Å². The molecule has 1 atom stereocenters. The summed E-state index contributed by atoms with van der Waals surface area (Å²) in [7, 11) is 1.64. The quantitative estimate of drug-likeness (QED) is 0.821. The minimum Gasteiger partial charge on any atom is -0.380 e. The number of ether oxygens (including phenoxy) is 2. The zero-order valence-electron chi connectivity index (χ0n) is 12.4. The van der Waals surface area contributed by atoms with E-state index in [1.807, 2.05) is 6.92 Å². The summed E-state index contributed by atoms with van der Waals surface area (Å²) in [5.74, 6) is 1.25. The maximum atomic E-state index is 5.99. The third-order valence-electron chi connectivity index (χ3n) is 3.96. The van der Waals surface area contributed by atoms with Crippen molar-refractivity contribution in [3.8, 4) is 0 Å². The average Bonchev–Trinajstić information content (AvgIpc) is 2.95. The van der Waals surface area contributed by atoms with Gasteiger partial charge in [0.1, 0.15) is 5.60 Å². The molecule has 0 saturated heterocycles. The molecule has 0 spiro atoms. The van der Waals surface area contributed by atoms with Crippen LogP contribution in [0.3, 0.4) is 0 Å². The maximum Gasteiger partial charge on any atom is 0.229 e. The van der Waals surface area contributed by atoms with Crippen molar-refractivity contribution in [2.24, 2.45) is 5.73 Å². The van der Waals surface area contributed by atoms with Crippen molar-refractivity contribution in [3.05, 3.63) is 11.7 Å². The van der Waals surface area contributed by atoms with Crippen LogP contribution in [0.2, 0.25) is 0 Å². The summed E-state index contributed by atoms with van der Waals surface area (Å²) < 4.78 is 16.6. The highest BCUT2D eigenvalue weighted by molar-refractivity contribution is 5.04. The van der Waals surface area contributed by atoms with E-state index in [9.17, 15) is 0 Å². The molecule has 2 N–H and O–H groups in total. The Morgan fingerprint density at radius 3 is 2.70 bits per heavy atom. The third-order valence-corrected chi connectivity index (χ3v) is 3.96. The van der Waals surface area contributed by atoms with Gasteiger partial charge >= 0.3 is 0 Å². The van der Waals surface area contributed by atoms with E-state index in [2.05, 4.69) is 10.1 Å². The summed E-state index contributed by atoms with van der Waals surface area (Å²) in [6.45, 7) is 3.10. The lowest BCUT2D eigenvalue weighted by Crippen LogP contribution is -2.33. The number of aromatic nitrogens is 2. The molecule has 6 nitrogen and oxygen atoms in total. The highest BCUT2D eigenvalue weighted by atomic mass is 16.5. The monoisotopic (exact) mass is 283 g/mol. The van der Waals surface area contributed by atoms with Gasteiger partial charge in [0.15, 0.2) is 0 Å². The molecular weight excluding hydrogens is 258 g/mol. The Labute approximate surface area is 120 Å². The van der Waals surface area contributed by atoms with Gasteiger partial charge in [-0.2, -0.15) is 4.98 Å². The standard InChI is InChI=1S/C14H25N3O3/c1-3-19-14(7-5-4-6-8-14)13-16-12(20-17-13)9-11(10-15)18-2/h11H,3-10,15H2,1-2H3. The molecule has 0 amide bonds. The van der Waals surface area contributed by atoms with Crippen molar-refractivity contribution in [2.75, 3.05) is 20.3 Å². The highest BCUT2D eigenvalue weighted by Crippen LogP contribution is 2.39. The van der Waals surface area contributed by atoms with E-state index in [0.29, 0.717) is 31.3 Å². The maximum absolute atomic E-state index is 5.99. The van der Waals surface area contributed by atoms with Crippen molar-refractivity contribution in [2.45, 2.75) is 57.2 Å². The SMILES string of the molecule is CCOC1(c2noc(CC(CN)OC)n2)CCCCC1. The van der Waals surface area contributed by atoms with Crippen LogP contribution in [0.4, 0.5) is 0 Å². The molecule has 2 rings (SSSR count). The predicted octanol–water partition coefficient (Wildman–Crippen LogP) is 1.78. The van der Waals surface area contributed by atoms with Crippen molar-refractivity contribution >= 4 is 0 Å². The lowest BCUT2D eigenvalue weighted by atomic mass is 9.84. The minimum atomic E-state index is -0.361. The molecule has 0 aromatic carbocycles. The van der Waals surface area contributed by atoms with Gasteiger partial charge in [0, 0.05) is 20.3 Å². The van der Waals surface area contributed by atoms with Crippen LogP contribution in [-0.4, -0.2) is 36.5 Å². The van der Waals surface area contributed by atoms with E-state index in [-0.39, 0.29) is 11.7 Å². The molecule has 1 heterocycles. The van der Waals surface area contributed by atoms with E-state index in [1.54, 1.807) is 7.11 Å². The Hall–Kier alpha value is -0.980. The smallest absolute Gasteiger partial charge is 0.229 e. The third kappa shape index (κ3) is 3.37. The summed E-state index contributed by atoms with van der Waals surface area (Å²) in [5.41, 5.74) is 5.25. The summed E-state index contributed by atoms with van der Waals surface area (Å²) in [6.07, 6.45) is 5.92. The molecule has 1 aliphatic rings. The van der Waals surface area contributed by atoms with Gasteiger partial charge in [-0.3, -0.25) is 0 Å². The van der Waals surface area contributed by atoms with Gasteiger partial charge < -0.3 is 19.7 Å². The number of rotatable bonds is 7. The van der Waals surface area contributed by atoms with E-state index >= 15 is 0 Å². The van der Waals surface area contributed by atoms with Gasteiger partial charge in [0.05, 0.1) is 12.5 Å². The van der Waals surface area contributed by atoms with Gasteiger partial charge in [-0.05, 0) is 19.8 Å². The molecule has 0 radical (unpaired) electrons. The van der Waals surface area contributed by atoms with E-state index in [1.165, 1.54) is 6.42 Å². The van der Waals surface area contributed by atoms with Crippen LogP contribution in [-0.2, 0) is 21.5 Å². The molecule has 0 bridgehead atoms. The normalized spacial score (nSPS) is 19.9. The molecule has 20 heavy (non-hydrogen) atoms. The molecule has 1 fully saturated rings. The molecule has 1 unspecified atom stereocenters. The molecular formula is C14H25N3O3. The summed E-state index contributed by atoms with van der Waals surface area (Å²) in [5, 5.41) is 4.14. The zero-order chi connectivity index (χ0) is 14.4. The van der Waals surface area contributed by atoms with Crippen molar-refractivity contribution in [1.29, 1.82) is 0 Å². The van der Waals surface area contributed by atoms with Crippen molar-refractivity contribution in [3.63, 3.8) is 0 Å². The van der Waals surface area contributed by atoms with E-state index in [4.69, 9.17) is 19.7 Å². The van der Waals surface area contributed by atoms with Gasteiger partial charge in [0.2, 0.25) is 11.7 Å². The topological polar surface area (TPSA) is 83.4 Å². The summed E-state index contributed by atoms with van der Waals surface area (Å²) >= 11 is 0. The Bertz CT molecular complexity index is 393. The van der Waals surface area contributed by atoms with Crippen LogP contribution in [0.5, 0.6) is 0 Å². The fraction of sp³-hybridized carbons (Fsp3) is 0.857. The van der Waals surface area contributed by atoms with Crippen LogP contribution in [0.15, 0.2) is 4.52 Å². The lowest BCUT2D eigenvalue weighted by molar-refractivity contribution is -0.0777. The van der Waals surface area contributed by atoms with Gasteiger partial charge in [-0.15, -0.1) is 0 Å². The molecule has 1 aromatic heterocycles. The Kier molecular flexibility index (Phi) is 5.51. The second-order valence-corrected chi connectivity index (χ2v) is 5.30. The van der Waals surface area contributed by atoms with Gasteiger partial charge in [0.25, 0.3) is 0 Å². The Morgan fingerprint density at radius 1 is 1.35 bits per heavy atom. The molecule has 6 heteroatoms. The number of nitrogens with two attached hydrogens (primary N) is 1. The van der Waals surface area contributed by atoms with E-state index in [0.717, 1.165) is 25.7 Å². The predicted molar refractivity (Wildman–Crippen MR) is 74.2 cm³/mol. The Balaban J connectivity index is 2.12. The highest BCUT2D eigenvalue weighted by Gasteiger charge is 2.39. The number of hydrogen-bond donors (Lipinski definition) is 1. The first-order valence-corrected chi connectivity index (χ1v) is 7.44. The van der Waals surface area contributed by atoms with Crippen LogP contribution in [0.1, 0.15) is 50.7 Å². The fourth-order valence-corrected chi connectivity index (χ4v) is 2.81. The van der Waals surface area contributed by atoms with Crippen molar-refractivity contribution in [1.82, 2.24) is 10.1 Å². The lowest BCUT2D eigenvalue weighted by Gasteiger charge is -2.33. The van der Waals surface area contributed by atoms with Crippen LogP contribution in [0.25, 0.3) is 0 Å².